The Labute approximate surface area is 171 Å². The molecule has 0 atom stereocenters. The summed E-state index contributed by atoms with van der Waals surface area (Å²) in [5, 5.41) is 1.12. The van der Waals surface area contributed by atoms with E-state index in [4.69, 9.17) is 12.2 Å². The van der Waals surface area contributed by atoms with Crippen LogP contribution in [-0.2, 0) is 23.1 Å². The molecule has 28 heavy (non-hydrogen) atoms. The van der Waals surface area contributed by atoms with Crippen LogP contribution in [0.4, 0.5) is 0 Å². The number of amides is 2. The number of aromatic nitrogens is 2. The van der Waals surface area contributed by atoms with Crippen molar-refractivity contribution in [1.82, 2.24) is 20.0 Å². The number of carbonyl (C=O) groups is 2. The number of carbonyl (C=O) groups excluding carboxylic acids is 2. The minimum absolute atomic E-state index is 0.168. The van der Waals surface area contributed by atoms with Gasteiger partial charge >= 0.3 is 0 Å². The summed E-state index contributed by atoms with van der Waals surface area (Å²) in [7, 11) is 1.89. The molecule has 0 spiro atoms. The Kier molecular flexibility index (Phi) is 4.97. The van der Waals surface area contributed by atoms with Crippen LogP contribution in [0.2, 0.25) is 0 Å². The number of hydrogen-bond donors (Lipinski definition) is 1. The first-order valence-corrected chi connectivity index (χ1v) is 9.78. The Hall–Kier alpha value is -2.97. The van der Waals surface area contributed by atoms with Gasteiger partial charge in [-0.2, -0.15) is 5.01 Å². The SMILES string of the molecule is Cn1c(/C=C2/SC(=S)N(NC(=O)Cc3ccccc3)C2=O)nc2ccccc21. The highest BCUT2D eigenvalue weighted by molar-refractivity contribution is 8.26. The fourth-order valence-electron chi connectivity index (χ4n) is 2.92. The number of imidazole rings is 1. The molecule has 6 nitrogen and oxygen atoms in total. The third-order valence-electron chi connectivity index (χ3n) is 4.32. The van der Waals surface area contributed by atoms with Crippen LogP contribution in [-0.4, -0.2) is 30.7 Å². The van der Waals surface area contributed by atoms with Crippen molar-refractivity contribution in [3.05, 3.63) is 70.9 Å². The fraction of sp³-hybridized carbons (Fsp3) is 0.100. The second kappa shape index (κ2) is 7.57. The van der Waals surface area contributed by atoms with Gasteiger partial charge in [0.05, 0.1) is 22.4 Å². The zero-order valence-electron chi connectivity index (χ0n) is 15.0. The fourth-order valence-corrected chi connectivity index (χ4v) is 4.07. The molecule has 0 bridgehead atoms. The lowest BCUT2D eigenvalue weighted by Crippen LogP contribution is -2.45. The second-order valence-electron chi connectivity index (χ2n) is 6.23. The number of benzene rings is 2. The largest absolute Gasteiger partial charge is 0.328 e. The Bertz CT molecular complexity index is 1120. The van der Waals surface area contributed by atoms with Gasteiger partial charge in [0.25, 0.3) is 5.91 Å². The molecule has 1 aliphatic rings. The maximum Gasteiger partial charge on any atom is 0.285 e. The number of para-hydroxylation sites is 2. The van der Waals surface area contributed by atoms with Gasteiger partial charge in [-0.05, 0) is 29.9 Å². The zero-order valence-corrected chi connectivity index (χ0v) is 16.6. The van der Waals surface area contributed by atoms with Crippen LogP contribution in [0.25, 0.3) is 17.1 Å². The average Bonchev–Trinajstić information content (AvgIpc) is 3.14. The molecule has 1 saturated heterocycles. The number of thiocarbonyl (C=S) groups is 1. The van der Waals surface area contributed by atoms with Crippen LogP contribution >= 0.6 is 24.0 Å². The van der Waals surface area contributed by atoms with Gasteiger partial charge in [-0.15, -0.1) is 0 Å². The van der Waals surface area contributed by atoms with Crippen LogP contribution in [0.3, 0.4) is 0 Å². The van der Waals surface area contributed by atoms with Crippen molar-refractivity contribution < 1.29 is 9.59 Å². The molecule has 1 aromatic heterocycles. The van der Waals surface area contributed by atoms with Crippen LogP contribution in [0, 0.1) is 0 Å². The van der Waals surface area contributed by atoms with Crippen LogP contribution in [0.15, 0.2) is 59.5 Å². The van der Waals surface area contributed by atoms with Gasteiger partial charge in [-0.3, -0.25) is 15.0 Å². The Morgan fingerprint density at radius 1 is 1.18 bits per heavy atom. The van der Waals surface area contributed by atoms with E-state index in [0.29, 0.717) is 10.7 Å². The highest BCUT2D eigenvalue weighted by Crippen LogP contribution is 2.31. The lowest BCUT2D eigenvalue weighted by Gasteiger charge is -2.15. The van der Waals surface area contributed by atoms with Crippen molar-refractivity contribution in [2.24, 2.45) is 7.05 Å². The van der Waals surface area contributed by atoms with Crippen molar-refractivity contribution in [2.45, 2.75) is 6.42 Å². The molecule has 3 aromatic rings. The molecule has 8 heteroatoms. The molecule has 0 aliphatic carbocycles. The molecule has 140 valence electrons. The van der Waals surface area contributed by atoms with Gasteiger partial charge in [0, 0.05) is 13.1 Å². The average molecular weight is 409 g/mol. The molecule has 0 saturated carbocycles. The third-order valence-corrected chi connectivity index (χ3v) is 5.62. The topological polar surface area (TPSA) is 67.2 Å². The standard InChI is InChI=1S/C20H16N4O2S2/c1-23-15-10-6-5-9-14(15)21-17(23)12-16-19(26)24(20(27)28-16)22-18(25)11-13-7-3-2-4-8-13/h2-10,12H,11H2,1H3,(H,22,25)/b16-12+. The molecule has 2 heterocycles. The van der Waals surface area contributed by atoms with Crippen LogP contribution in [0.1, 0.15) is 11.4 Å². The van der Waals surface area contributed by atoms with E-state index in [0.717, 1.165) is 33.4 Å². The number of hydrogen-bond acceptors (Lipinski definition) is 5. The normalized spacial score (nSPS) is 15.6. The summed E-state index contributed by atoms with van der Waals surface area (Å²) < 4.78 is 2.20. The van der Waals surface area contributed by atoms with Crippen molar-refractivity contribution in [1.29, 1.82) is 0 Å². The number of thioether (sulfide) groups is 1. The first kappa shape index (κ1) is 18.4. The lowest BCUT2D eigenvalue weighted by atomic mass is 10.1. The maximum atomic E-state index is 12.7. The number of nitrogens with one attached hydrogen (secondary N) is 1. The molecule has 0 unspecified atom stereocenters. The summed E-state index contributed by atoms with van der Waals surface area (Å²) in [4.78, 5) is 30.0. The first-order valence-electron chi connectivity index (χ1n) is 8.56. The predicted molar refractivity (Wildman–Crippen MR) is 114 cm³/mol. The quantitative estimate of drug-likeness (QED) is 0.531. The van der Waals surface area contributed by atoms with Gasteiger partial charge < -0.3 is 4.57 Å². The van der Waals surface area contributed by atoms with Crippen molar-refractivity contribution in [2.75, 3.05) is 0 Å². The second-order valence-corrected chi connectivity index (χ2v) is 7.91. The number of hydrazine groups is 1. The summed E-state index contributed by atoms with van der Waals surface area (Å²) in [5.74, 6) is -0.00717. The smallest absolute Gasteiger partial charge is 0.285 e. The Morgan fingerprint density at radius 3 is 2.64 bits per heavy atom. The summed E-state index contributed by atoms with van der Waals surface area (Å²) in [5.41, 5.74) is 5.28. The van der Waals surface area contributed by atoms with Crippen LogP contribution < -0.4 is 5.43 Å². The van der Waals surface area contributed by atoms with Gasteiger partial charge in [-0.1, -0.05) is 54.2 Å². The minimum Gasteiger partial charge on any atom is -0.328 e. The van der Waals surface area contributed by atoms with Gasteiger partial charge in [0.15, 0.2) is 4.32 Å². The van der Waals surface area contributed by atoms with Gasteiger partial charge in [0.1, 0.15) is 5.82 Å². The van der Waals surface area contributed by atoms with E-state index in [1.54, 1.807) is 6.08 Å². The molecular weight excluding hydrogens is 392 g/mol. The maximum absolute atomic E-state index is 12.7. The summed E-state index contributed by atoms with van der Waals surface area (Å²) in [6, 6.07) is 17.1. The van der Waals surface area contributed by atoms with Crippen molar-refractivity contribution >= 4 is 57.2 Å². The van der Waals surface area contributed by atoms with Crippen LogP contribution in [0.5, 0.6) is 0 Å². The predicted octanol–water partition coefficient (Wildman–Crippen LogP) is 3.05. The highest BCUT2D eigenvalue weighted by Gasteiger charge is 2.34. The molecule has 2 aromatic carbocycles. The third kappa shape index (κ3) is 3.56. The summed E-state index contributed by atoms with van der Waals surface area (Å²) in [6.07, 6.45) is 1.87. The van der Waals surface area contributed by atoms with Gasteiger partial charge in [0.2, 0.25) is 5.91 Å². The Balaban J connectivity index is 1.52. The van der Waals surface area contributed by atoms with E-state index in [1.807, 2.05) is 66.2 Å². The summed E-state index contributed by atoms with van der Waals surface area (Å²) in [6.45, 7) is 0. The number of aryl methyl sites for hydroxylation is 1. The zero-order chi connectivity index (χ0) is 19.7. The molecule has 2 amide bonds. The number of fused-ring (bicyclic) bond motifs is 1. The first-order chi connectivity index (χ1) is 13.5. The lowest BCUT2D eigenvalue weighted by molar-refractivity contribution is -0.132. The molecular formula is C20H16N4O2S2. The van der Waals surface area contributed by atoms with Crippen molar-refractivity contribution in [3.63, 3.8) is 0 Å². The highest BCUT2D eigenvalue weighted by atomic mass is 32.2. The van der Waals surface area contributed by atoms with E-state index in [-0.39, 0.29) is 22.6 Å². The van der Waals surface area contributed by atoms with Crippen molar-refractivity contribution in [3.8, 4) is 0 Å². The van der Waals surface area contributed by atoms with E-state index < -0.39 is 0 Å². The molecule has 0 radical (unpaired) electrons. The number of rotatable bonds is 4. The molecule has 1 aliphatic heterocycles. The molecule has 1 fully saturated rings. The van der Waals surface area contributed by atoms with E-state index in [2.05, 4.69) is 10.4 Å². The van der Waals surface area contributed by atoms with E-state index >= 15 is 0 Å². The molecule has 4 rings (SSSR count). The minimum atomic E-state index is -0.358. The summed E-state index contributed by atoms with van der Waals surface area (Å²) >= 11 is 6.42. The molecule has 1 N–H and O–H groups in total. The van der Waals surface area contributed by atoms with E-state index in [1.165, 1.54) is 0 Å². The monoisotopic (exact) mass is 408 g/mol. The number of nitrogens with zero attached hydrogens (tertiary/aromatic N) is 3. The van der Waals surface area contributed by atoms with Gasteiger partial charge in [-0.25, -0.2) is 4.98 Å². The van der Waals surface area contributed by atoms with E-state index in [9.17, 15) is 9.59 Å². The Morgan fingerprint density at radius 2 is 1.89 bits per heavy atom.